The molecule has 0 radical (unpaired) electrons. The third-order valence-corrected chi connectivity index (χ3v) is 3.45. The van der Waals surface area contributed by atoms with Crippen LogP contribution in [0.5, 0.6) is 0 Å². The van der Waals surface area contributed by atoms with Crippen molar-refractivity contribution in [3.8, 4) is 0 Å². The van der Waals surface area contributed by atoms with Gasteiger partial charge in [-0.2, -0.15) is 24.5 Å². The van der Waals surface area contributed by atoms with Crippen LogP contribution < -0.4 is 0 Å². The van der Waals surface area contributed by atoms with Gasteiger partial charge >= 0.3 is 6.18 Å². The zero-order valence-electron chi connectivity index (χ0n) is 8.59. The van der Waals surface area contributed by atoms with Crippen LogP contribution in [0.15, 0.2) is 35.0 Å². The molecular weight excluding hydrogens is 269 g/mol. The molecule has 0 nitrogen and oxygen atoms in total. The Morgan fingerprint density at radius 2 is 1.94 bits per heavy atom. The summed E-state index contributed by atoms with van der Waals surface area (Å²) in [4.78, 5) is 0. The fraction of sp³-hybridized carbons (Fsp3) is 0.167. The Hall–Kier alpha value is -1.00. The van der Waals surface area contributed by atoms with Crippen LogP contribution in [0.25, 0.3) is 0 Å². The highest BCUT2D eigenvalue weighted by molar-refractivity contribution is 7.07. The van der Waals surface area contributed by atoms with Crippen molar-refractivity contribution in [3.63, 3.8) is 0 Å². The van der Waals surface area contributed by atoms with Gasteiger partial charge in [0.05, 0.1) is 5.56 Å². The van der Waals surface area contributed by atoms with E-state index in [0.717, 1.165) is 17.7 Å². The number of thiophene rings is 1. The Bertz CT molecular complexity index is 503. The lowest BCUT2D eigenvalue weighted by molar-refractivity contribution is -0.137. The third kappa shape index (κ3) is 3.01. The molecule has 0 bridgehead atoms. The largest absolute Gasteiger partial charge is 0.416 e. The number of hydrogen-bond donors (Lipinski definition) is 0. The van der Waals surface area contributed by atoms with Gasteiger partial charge in [-0.1, -0.05) is 11.6 Å². The average Bonchev–Trinajstić information content (AvgIpc) is 2.72. The van der Waals surface area contributed by atoms with Crippen LogP contribution in [-0.4, -0.2) is 0 Å². The molecule has 1 heterocycles. The van der Waals surface area contributed by atoms with Gasteiger partial charge in [-0.05, 0) is 52.6 Å². The molecule has 5 heteroatoms. The van der Waals surface area contributed by atoms with Crippen molar-refractivity contribution in [1.82, 2.24) is 0 Å². The molecule has 1 aromatic heterocycles. The lowest BCUT2D eigenvalue weighted by Gasteiger charge is -2.10. The minimum atomic E-state index is -4.33. The first-order valence-corrected chi connectivity index (χ1v) is 6.15. The molecule has 90 valence electrons. The molecule has 0 saturated carbocycles. The van der Waals surface area contributed by atoms with E-state index in [4.69, 9.17) is 11.6 Å². The van der Waals surface area contributed by atoms with Crippen molar-refractivity contribution in [2.24, 2.45) is 0 Å². The topological polar surface area (TPSA) is 0 Å². The SMILES string of the molecule is FC(F)(F)c1ccc(Cl)c(Cc2ccsc2)c1. The molecule has 0 fully saturated rings. The molecule has 2 aromatic rings. The lowest BCUT2D eigenvalue weighted by Crippen LogP contribution is -2.05. The van der Waals surface area contributed by atoms with Gasteiger partial charge in [0.1, 0.15) is 0 Å². The molecule has 0 aliphatic rings. The number of hydrogen-bond acceptors (Lipinski definition) is 1. The molecule has 0 aliphatic carbocycles. The van der Waals surface area contributed by atoms with E-state index in [2.05, 4.69) is 0 Å². The van der Waals surface area contributed by atoms with Gasteiger partial charge in [-0.15, -0.1) is 0 Å². The lowest BCUT2D eigenvalue weighted by atomic mass is 10.0. The van der Waals surface area contributed by atoms with E-state index in [9.17, 15) is 13.2 Å². The zero-order chi connectivity index (χ0) is 12.5. The molecule has 17 heavy (non-hydrogen) atoms. The molecule has 0 amide bonds. The summed E-state index contributed by atoms with van der Waals surface area (Å²) >= 11 is 7.41. The smallest absolute Gasteiger partial charge is 0.166 e. The summed E-state index contributed by atoms with van der Waals surface area (Å²) in [6.45, 7) is 0. The van der Waals surface area contributed by atoms with Gasteiger partial charge in [0.2, 0.25) is 0 Å². The summed E-state index contributed by atoms with van der Waals surface area (Å²) in [7, 11) is 0. The molecule has 0 N–H and O–H groups in total. The van der Waals surface area contributed by atoms with E-state index >= 15 is 0 Å². The van der Waals surface area contributed by atoms with E-state index in [0.29, 0.717) is 17.0 Å². The summed E-state index contributed by atoms with van der Waals surface area (Å²) in [5.74, 6) is 0. The second-order valence-corrected chi connectivity index (χ2v) is 4.80. The number of alkyl halides is 3. The molecule has 2 rings (SSSR count). The molecular formula is C12H8ClF3S. The van der Waals surface area contributed by atoms with Crippen LogP contribution in [0.4, 0.5) is 13.2 Å². The maximum Gasteiger partial charge on any atom is 0.416 e. The molecule has 0 spiro atoms. The minimum Gasteiger partial charge on any atom is -0.166 e. The van der Waals surface area contributed by atoms with Crippen LogP contribution in [0, 0.1) is 0 Å². The second-order valence-electron chi connectivity index (χ2n) is 3.61. The summed E-state index contributed by atoms with van der Waals surface area (Å²) in [6.07, 6.45) is -3.90. The van der Waals surface area contributed by atoms with Crippen LogP contribution in [0.1, 0.15) is 16.7 Å². The first-order chi connectivity index (χ1) is 7.97. The van der Waals surface area contributed by atoms with Gasteiger partial charge in [0.15, 0.2) is 0 Å². The Labute approximate surface area is 106 Å². The van der Waals surface area contributed by atoms with Crippen LogP contribution in [-0.2, 0) is 12.6 Å². The maximum absolute atomic E-state index is 12.5. The number of benzene rings is 1. The summed E-state index contributed by atoms with van der Waals surface area (Å²) in [5.41, 5.74) is 0.809. The van der Waals surface area contributed by atoms with Gasteiger partial charge in [-0.25, -0.2) is 0 Å². The van der Waals surface area contributed by atoms with Crippen molar-refractivity contribution < 1.29 is 13.2 Å². The van der Waals surface area contributed by atoms with Crippen molar-refractivity contribution in [2.75, 3.05) is 0 Å². The fourth-order valence-electron chi connectivity index (χ4n) is 1.50. The predicted octanol–water partition coefficient (Wildman–Crippen LogP) is 5.01. The van der Waals surface area contributed by atoms with Crippen LogP contribution in [0.3, 0.4) is 0 Å². The first kappa shape index (κ1) is 12.5. The monoisotopic (exact) mass is 276 g/mol. The van der Waals surface area contributed by atoms with E-state index in [-0.39, 0.29) is 0 Å². The normalized spacial score (nSPS) is 11.8. The highest BCUT2D eigenvalue weighted by Gasteiger charge is 2.30. The Morgan fingerprint density at radius 1 is 1.18 bits per heavy atom. The molecule has 1 aromatic carbocycles. The Balaban J connectivity index is 2.33. The molecule has 0 unspecified atom stereocenters. The number of halogens is 4. The van der Waals surface area contributed by atoms with E-state index in [1.807, 2.05) is 16.8 Å². The third-order valence-electron chi connectivity index (χ3n) is 2.35. The van der Waals surface area contributed by atoms with Crippen LogP contribution >= 0.6 is 22.9 Å². The quantitative estimate of drug-likeness (QED) is 0.723. The Morgan fingerprint density at radius 3 is 2.53 bits per heavy atom. The summed E-state index contributed by atoms with van der Waals surface area (Å²) in [6, 6.07) is 5.28. The first-order valence-electron chi connectivity index (χ1n) is 4.83. The molecule has 0 aliphatic heterocycles. The van der Waals surface area contributed by atoms with Crippen molar-refractivity contribution in [1.29, 1.82) is 0 Å². The van der Waals surface area contributed by atoms with Gasteiger partial charge in [-0.3, -0.25) is 0 Å². The van der Waals surface area contributed by atoms with Crippen LogP contribution in [0.2, 0.25) is 5.02 Å². The van der Waals surface area contributed by atoms with Crippen molar-refractivity contribution in [3.05, 3.63) is 56.7 Å². The fourth-order valence-corrected chi connectivity index (χ4v) is 2.35. The van der Waals surface area contributed by atoms with Gasteiger partial charge in [0, 0.05) is 5.02 Å². The minimum absolute atomic E-state index is 0.365. The summed E-state index contributed by atoms with van der Waals surface area (Å²) in [5, 5.41) is 4.15. The van der Waals surface area contributed by atoms with E-state index < -0.39 is 11.7 Å². The van der Waals surface area contributed by atoms with Crippen molar-refractivity contribution >= 4 is 22.9 Å². The predicted molar refractivity (Wildman–Crippen MR) is 63.6 cm³/mol. The van der Waals surface area contributed by atoms with E-state index in [1.165, 1.54) is 17.4 Å². The molecule has 0 atom stereocenters. The average molecular weight is 277 g/mol. The number of rotatable bonds is 2. The molecule has 0 saturated heterocycles. The standard InChI is InChI=1S/C12H8ClF3S/c13-11-2-1-10(12(14,15)16)6-9(11)5-8-3-4-17-7-8/h1-4,6-7H,5H2. The van der Waals surface area contributed by atoms with Gasteiger partial charge in [0.25, 0.3) is 0 Å². The summed E-state index contributed by atoms with van der Waals surface area (Å²) < 4.78 is 37.6. The maximum atomic E-state index is 12.5. The Kier molecular flexibility index (Phi) is 3.45. The highest BCUT2D eigenvalue weighted by atomic mass is 35.5. The second kappa shape index (κ2) is 4.70. The highest BCUT2D eigenvalue weighted by Crippen LogP contribution is 2.32. The van der Waals surface area contributed by atoms with Gasteiger partial charge < -0.3 is 0 Å². The zero-order valence-corrected chi connectivity index (χ0v) is 10.2. The van der Waals surface area contributed by atoms with E-state index in [1.54, 1.807) is 0 Å². The van der Waals surface area contributed by atoms with Crippen molar-refractivity contribution in [2.45, 2.75) is 12.6 Å².